The van der Waals surface area contributed by atoms with Crippen molar-refractivity contribution in [3.63, 3.8) is 0 Å². The highest BCUT2D eigenvalue weighted by molar-refractivity contribution is 5.96. The third-order valence-electron chi connectivity index (χ3n) is 3.85. The lowest BCUT2D eigenvalue weighted by molar-refractivity contribution is 0.0809. The second kappa shape index (κ2) is 5.05. The van der Waals surface area contributed by atoms with Crippen LogP contribution in [0.4, 0.5) is 0 Å². The Labute approximate surface area is 103 Å². The molecule has 0 bridgehead atoms. The second-order valence-electron chi connectivity index (χ2n) is 5.38. The van der Waals surface area contributed by atoms with E-state index in [-0.39, 0.29) is 5.78 Å². The van der Waals surface area contributed by atoms with E-state index in [1.54, 1.807) is 0 Å². The van der Waals surface area contributed by atoms with Gasteiger partial charge in [-0.15, -0.1) is 0 Å². The van der Waals surface area contributed by atoms with Crippen LogP contribution >= 0.6 is 0 Å². The Bertz CT molecular complexity index is 397. The molecule has 1 aliphatic rings. The van der Waals surface area contributed by atoms with E-state index < -0.39 is 0 Å². The number of nitrogens with zero attached hydrogens (tertiary/aromatic N) is 2. The van der Waals surface area contributed by atoms with E-state index in [0.717, 1.165) is 18.2 Å². The predicted molar refractivity (Wildman–Crippen MR) is 69.2 cm³/mol. The van der Waals surface area contributed by atoms with Crippen LogP contribution in [0.25, 0.3) is 0 Å². The fourth-order valence-corrected chi connectivity index (χ4v) is 2.71. The number of piperidine rings is 1. The molecule has 1 aliphatic heterocycles. The van der Waals surface area contributed by atoms with E-state index >= 15 is 0 Å². The van der Waals surface area contributed by atoms with Gasteiger partial charge in [0.2, 0.25) is 0 Å². The molecule has 0 amide bonds. The summed E-state index contributed by atoms with van der Waals surface area (Å²) >= 11 is 0. The average Bonchev–Trinajstić information content (AvgIpc) is 2.68. The molecule has 2 heterocycles. The van der Waals surface area contributed by atoms with Gasteiger partial charge in [-0.25, -0.2) is 0 Å². The summed E-state index contributed by atoms with van der Waals surface area (Å²) in [5.74, 6) is 1.03. The molecule has 0 spiro atoms. The predicted octanol–water partition coefficient (Wildman–Crippen LogP) is 2.33. The maximum Gasteiger partial charge on any atom is 0.193 e. The number of carbonyl (C=O) groups is 1. The Balaban J connectivity index is 1.97. The van der Waals surface area contributed by atoms with Crippen LogP contribution in [0.2, 0.25) is 0 Å². The second-order valence-corrected chi connectivity index (χ2v) is 5.38. The monoisotopic (exact) mass is 234 g/mol. The normalized spacial score (nSPS) is 26.1. The first-order valence-corrected chi connectivity index (χ1v) is 6.46. The van der Waals surface area contributed by atoms with Crippen molar-refractivity contribution in [2.45, 2.75) is 32.7 Å². The molecule has 2 rings (SSSR count). The number of hydrogen-bond acceptors (Lipinski definition) is 2. The van der Waals surface area contributed by atoms with Gasteiger partial charge in [0.25, 0.3) is 0 Å². The highest BCUT2D eigenvalue weighted by Gasteiger charge is 2.25. The first kappa shape index (κ1) is 12.4. The Morgan fingerprint density at radius 3 is 2.82 bits per heavy atom. The van der Waals surface area contributed by atoms with Crippen molar-refractivity contribution in [3.05, 3.63) is 24.0 Å². The van der Waals surface area contributed by atoms with Crippen LogP contribution in [0.1, 0.15) is 37.2 Å². The summed E-state index contributed by atoms with van der Waals surface area (Å²) in [6.45, 7) is 6.14. The van der Waals surface area contributed by atoms with E-state index in [4.69, 9.17) is 0 Å². The van der Waals surface area contributed by atoms with Gasteiger partial charge in [0, 0.05) is 19.3 Å². The largest absolute Gasteiger partial charge is 0.348 e. The van der Waals surface area contributed by atoms with Gasteiger partial charge in [-0.2, -0.15) is 0 Å². The molecule has 3 heteroatoms. The fourth-order valence-electron chi connectivity index (χ4n) is 2.71. The summed E-state index contributed by atoms with van der Waals surface area (Å²) in [4.78, 5) is 14.5. The number of likely N-dealkylation sites (tertiary alicyclic amines) is 1. The van der Waals surface area contributed by atoms with Gasteiger partial charge >= 0.3 is 0 Å². The molecule has 0 saturated carbocycles. The highest BCUT2D eigenvalue weighted by Crippen LogP contribution is 2.22. The van der Waals surface area contributed by atoms with Crippen LogP contribution < -0.4 is 0 Å². The molecular weight excluding hydrogens is 212 g/mol. The standard InChI is InChI=1S/C14H22N2O/c1-11-6-8-16(12(2)9-11)10-14(17)13-5-4-7-15(13)3/h4-5,7,11-12H,6,8-10H2,1-3H3. The Morgan fingerprint density at radius 2 is 2.24 bits per heavy atom. The van der Waals surface area contributed by atoms with Gasteiger partial charge in [0.15, 0.2) is 5.78 Å². The molecule has 2 unspecified atom stereocenters. The molecule has 0 aromatic carbocycles. The van der Waals surface area contributed by atoms with Crippen LogP contribution in [0, 0.1) is 5.92 Å². The Hall–Kier alpha value is -1.09. The summed E-state index contributed by atoms with van der Waals surface area (Å²) < 4.78 is 1.90. The third-order valence-corrected chi connectivity index (χ3v) is 3.85. The quantitative estimate of drug-likeness (QED) is 0.750. The molecule has 1 saturated heterocycles. The van der Waals surface area contributed by atoms with E-state index in [2.05, 4.69) is 18.7 Å². The summed E-state index contributed by atoms with van der Waals surface area (Å²) in [7, 11) is 1.93. The van der Waals surface area contributed by atoms with E-state index in [1.165, 1.54) is 12.8 Å². The zero-order valence-corrected chi connectivity index (χ0v) is 11.0. The van der Waals surface area contributed by atoms with Crippen LogP contribution in [-0.4, -0.2) is 34.4 Å². The minimum absolute atomic E-state index is 0.235. The summed E-state index contributed by atoms with van der Waals surface area (Å²) in [5.41, 5.74) is 0.816. The fraction of sp³-hybridized carbons (Fsp3) is 0.643. The molecule has 0 radical (unpaired) electrons. The molecular formula is C14H22N2O. The molecule has 1 aromatic rings. The minimum atomic E-state index is 0.235. The minimum Gasteiger partial charge on any atom is -0.348 e. The summed E-state index contributed by atoms with van der Waals surface area (Å²) in [5, 5.41) is 0. The molecule has 0 aliphatic carbocycles. The number of aromatic nitrogens is 1. The number of carbonyl (C=O) groups excluding carboxylic acids is 1. The lowest BCUT2D eigenvalue weighted by atomic mass is 9.93. The van der Waals surface area contributed by atoms with Gasteiger partial charge in [0.05, 0.1) is 12.2 Å². The maximum absolute atomic E-state index is 12.2. The lowest BCUT2D eigenvalue weighted by Gasteiger charge is -2.35. The summed E-state index contributed by atoms with van der Waals surface area (Å²) in [6, 6.07) is 4.36. The highest BCUT2D eigenvalue weighted by atomic mass is 16.1. The Morgan fingerprint density at radius 1 is 1.47 bits per heavy atom. The number of aryl methyl sites for hydroxylation is 1. The van der Waals surface area contributed by atoms with Gasteiger partial charge in [-0.05, 0) is 44.4 Å². The van der Waals surface area contributed by atoms with E-state index in [0.29, 0.717) is 12.6 Å². The van der Waals surface area contributed by atoms with E-state index in [9.17, 15) is 4.79 Å². The van der Waals surface area contributed by atoms with Crippen molar-refractivity contribution < 1.29 is 4.79 Å². The molecule has 2 atom stereocenters. The lowest BCUT2D eigenvalue weighted by Crippen LogP contribution is -2.43. The van der Waals surface area contributed by atoms with Gasteiger partial charge in [-0.1, -0.05) is 6.92 Å². The smallest absolute Gasteiger partial charge is 0.193 e. The molecule has 1 fully saturated rings. The number of hydrogen-bond donors (Lipinski definition) is 0. The van der Waals surface area contributed by atoms with Crippen molar-refractivity contribution in [3.8, 4) is 0 Å². The first-order valence-electron chi connectivity index (χ1n) is 6.46. The third kappa shape index (κ3) is 2.78. The molecule has 94 valence electrons. The van der Waals surface area contributed by atoms with Crippen LogP contribution in [0.15, 0.2) is 18.3 Å². The SMILES string of the molecule is CC1CCN(CC(=O)c2cccn2C)C(C)C1. The van der Waals surface area contributed by atoms with Gasteiger partial charge < -0.3 is 4.57 Å². The van der Waals surface area contributed by atoms with Crippen LogP contribution in [0.5, 0.6) is 0 Å². The van der Waals surface area contributed by atoms with Crippen molar-refractivity contribution in [2.24, 2.45) is 13.0 Å². The Kier molecular flexibility index (Phi) is 3.67. The maximum atomic E-state index is 12.2. The first-order chi connectivity index (χ1) is 8.08. The van der Waals surface area contributed by atoms with Crippen LogP contribution in [-0.2, 0) is 7.05 Å². The van der Waals surface area contributed by atoms with Crippen LogP contribution in [0.3, 0.4) is 0 Å². The van der Waals surface area contributed by atoms with Gasteiger partial charge in [-0.3, -0.25) is 9.69 Å². The number of ketones is 1. The summed E-state index contributed by atoms with van der Waals surface area (Å²) in [6.07, 6.45) is 4.35. The van der Waals surface area contributed by atoms with Crippen molar-refractivity contribution in [1.29, 1.82) is 0 Å². The zero-order valence-electron chi connectivity index (χ0n) is 11.0. The van der Waals surface area contributed by atoms with E-state index in [1.807, 2.05) is 29.9 Å². The number of rotatable bonds is 3. The van der Waals surface area contributed by atoms with Crippen molar-refractivity contribution >= 4 is 5.78 Å². The topological polar surface area (TPSA) is 25.2 Å². The molecule has 1 aromatic heterocycles. The number of Topliss-reactive ketones (excluding diaryl/α,β-unsaturated/α-hetero) is 1. The average molecular weight is 234 g/mol. The van der Waals surface area contributed by atoms with Gasteiger partial charge in [0.1, 0.15) is 0 Å². The molecule has 3 nitrogen and oxygen atoms in total. The van der Waals surface area contributed by atoms with Crippen molar-refractivity contribution in [2.75, 3.05) is 13.1 Å². The van der Waals surface area contributed by atoms with Crippen molar-refractivity contribution in [1.82, 2.24) is 9.47 Å². The zero-order chi connectivity index (χ0) is 12.4. The molecule has 17 heavy (non-hydrogen) atoms. The molecule has 0 N–H and O–H groups in total.